The van der Waals surface area contributed by atoms with Crippen LogP contribution in [-0.4, -0.2) is 59.9 Å². The van der Waals surface area contributed by atoms with Crippen molar-refractivity contribution in [2.75, 3.05) is 40.3 Å². The minimum atomic E-state index is 0.282. The molecule has 0 aliphatic carbocycles. The molecule has 1 saturated heterocycles. The van der Waals surface area contributed by atoms with Crippen molar-refractivity contribution in [2.24, 2.45) is 18.7 Å². The second-order valence-electron chi connectivity index (χ2n) is 5.56. The molecular weight excluding hydrogens is 226 g/mol. The fourth-order valence-electron chi connectivity index (χ4n) is 2.89. The Labute approximate surface area is 110 Å². The van der Waals surface area contributed by atoms with Crippen LogP contribution in [0.25, 0.3) is 0 Å². The van der Waals surface area contributed by atoms with Gasteiger partial charge in [-0.15, -0.1) is 0 Å². The smallest absolute Gasteiger partial charge is 0.0538 e. The van der Waals surface area contributed by atoms with E-state index in [4.69, 9.17) is 5.73 Å². The SMILES string of the molecule is CN1CCC(CN(C)C(CN)c2cnn(C)c2)C1. The zero-order valence-corrected chi connectivity index (χ0v) is 11.7. The predicted octanol–water partition coefficient (Wildman–Crippen LogP) is 0.303. The molecule has 5 heteroatoms. The Hall–Kier alpha value is -0.910. The molecule has 1 aromatic heterocycles. The van der Waals surface area contributed by atoms with Gasteiger partial charge in [-0.05, 0) is 33.0 Å². The van der Waals surface area contributed by atoms with Crippen molar-refractivity contribution in [3.8, 4) is 0 Å². The van der Waals surface area contributed by atoms with Crippen molar-refractivity contribution in [1.82, 2.24) is 19.6 Å². The number of aromatic nitrogens is 2. The highest BCUT2D eigenvalue weighted by Crippen LogP contribution is 2.22. The first kappa shape index (κ1) is 13.5. The molecule has 1 aliphatic heterocycles. The van der Waals surface area contributed by atoms with Crippen LogP contribution in [-0.2, 0) is 7.05 Å². The third-order valence-electron chi connectivity index (χ3n) is 3.90. The molecule has 2 N–H and O–H groups in total. The maximum absolute atomic E-state index is 5.93. The van der Waals surface area contributed by atoms with Crippen LogP contribution >= 0.6 is 0 Å². The Bertz CT molecular complexity index is 375. The lowest BCUT2D eigenvalue weighted by molar-refractivity contribution is 0.211. The van der Waals surface area contributed by atoms with E-state index in [2.05, 4.69) is 35.2 Å². The summed E-state index contributed by atoms with van der Waals surface area (Å²) < 4.78 is 1.84. The van der Waals surface area contributed by atoms with E-state index in [1.54, 1.807) is 0 Å². The molecule has 0 aromatic carbocycles. The summed E-state index contributed by atoms with van der Waals surface area (Å²) in [7, 11) is 6.31. The van der Waals surface area contributed by atoms with Crippen molar-refractivity contribution in [1.29, 1.82) is 0 Å². The van der Waals surface area contributed by atoms with Gasteiger partial charge in [-0.2, -0.15) is 5.10 Å². The molecule has 102 valence electrons. The van der Waals surface area contributed by atoms with Crippen LogP contribution in [0.3, 0.4) is 0 Å². The zero-order valence-electron chi connectivity index (χ0n) is 11.7. The van der Waals surface area contributed by atoms with Crippen molar-refractivity contribution in [3.05, 3.63) is 18.0 Å². The molecule has 0 amide bonds. The fraction of sp³-hybridized carbons (Fsp3) is 0.769. The molecule has 1 aliphatic rings. The van der Waals surface area contributed by atoms with Crippen LogP contribution in [0.5, 0.6) is 0 Å². The number of likely N-dealkylation sites (N-methyl/N-ethyl adjacent to an activating group) is 1. The van der Waals surface area contributed by atoms with E-state index in [9.17, 15) is 0 Å². The van der Waals surface area contributed by atoms with Gasteiger partial charge < -0.3 is 10.6 Å². The normalized spacial score (nSPS) is 22.8. The third-order valence-corrected chi connectivity index (χ3v) is 3.90. The summed E-state index contributed by atoms with van der Waals surface area (Å²) in [4.78, 5) is 4.78. The second-order valence-corrected chi connectivity index (χ2v) is 5.56. The van der Waals surface area contributed by atoms with Gasteiger partial charge in [0.25, 0.3) is 0 Å². The van der Waals surface area contributed by atoms with E-state index in [1.807, 2.05) is 17.9 Å². The number of aryl methyl sites for hydroxylation is 1. The van der Waals surface area contributed by atoms with Crippen LogP contribution in [0, 0.1) is 5.92 Å². The Morgan fingerprint density at radius 2 is 2.33 bits per heavy atom. The Kier molecular flexibility index (Phi) is 4.37. The van der Waals surface area contributed by atoms with Gasteiger partial charge in [0.2, 0.25) is 0 Å². The van der Waals surface area contributed by atoms with Crippen LogP contribution < -0.4 is 5.73 Å². The zero-order chi connectivity index (χ0) is 13.1. The lowest BCUT2D eigenvalue weighted by Gasteiger charge is -2.28. The van der Waals surface area contributed by atoms with Gasteiger partial charge in [-0.3, -0.25) is 9.58 Å². The van der Waals surface area contributed by atoms with Crippen molar-refractivity contribution < 1.29 is 0 Å². The number of rotatable bonds is 5. The van der Waals surface area contributed by atoms with Gasteiger partial charge in [-0.25, -0.2) is 0 Å². The molecule has 2 heterocycles. The highest BCUT2D eigenvalue weighted by Gasteiger charge is 2.24. The lowest BCUT2D eigenvalue weighted by atomic mass is 10.1. The van der Waals surface area contributed by atoms with Crippen LogP contribution in [0.1, 0.15) is 18.0 Å². The standard InChI is InChI=1S/C13H25N5/c1-16-5-4-11(8-16)9-17(2)13(6-14)12-7-15-18(3)10-12/h7,10-11,13H,4-6,8-9,14H2,1-3H3. The van der Waals surface area contributed by atoms with Gasteiger partial charge in [0.05, 0.1) is 6.20 Å². The highest BCUT2D eigenvalue weighted by atomic mass is 15.2. The first-order valence-electron chi connectivity index (χ1n) is 6.67. The molecule has 2 unspecified atom stereocenters. The van der Waals surface area contributed by atoms with Gasteiger partial charge in [0.15, 0.2) is 0 Å². The summed E-state index contributed by atoms with van der Waals surface area (Å²) >= 11 is 0. The van der Waals surface area contributed by atoms with Crippen molar-refractivity contribution >= 4 is 0 Å². The average molecular weight is 251 g/mol. The maximum Gasteiger partial charge on any atom is 0.0538 e. The minimum Gasteiger partial charge on any atom is -0.329 e. The Balaban J connectivity index is 1.95. The predicted molar refractivity (Wildman–Crippen MR) is 73.2 cm³/mol. The van der Waals surface area contributed by atoms with Gasteiger partial charge in [0.1, 0.15) is 0 Å². The van der Waals surface area contributed by atoms with E-state index in [1.165, 1.54) is 25.1 Å². The summed E-state index contributed by atoms with van der Waals surface area (Å²) in [6.45, 7) is 4.18. The van der Waals surface area contributed by atoms with E-state index >= 15 is 0 Å². The Morgan fingerprint density at radius 1 is 1.56 bits per heavy atom. The molecule has 1 aromatic rings. The molecule has 0 bridgehead atoms. The summed E-state index contributed by atoms with van der Waals surface area (Å²) in [6.07, 6.45) is 5.29. The van der Waals surface area contributed by atoms with Gasteiger partial charge in [-0.1, -0.05) is 0 Å². The van der Waals surface area contributed by atoms with E-state index in [-0.39, 0.29) is 6.04 Å². The minimum absolute atomic E-state index is 0.282. The first-order chi connectivity index (χ1) is 8.60. The van der Waals surface area contributed by atoms with E-state index < -0.39 is 0 Å². The summed E-state index contributed by atoms with van der Waals surface area (Å²) in [5, 5.41) is 4.24. The molecule has 1 fully saturated rings. The summed E-state index contributed by atoms with van der Waals surface area (Å²) in [5.74, 6) is 0.769. The number of hydrogen-bond donors (Lipinski definition) is 1. The number of likely N-dealkylation sites (tertiary alicyclic amines) is 1. The average Bonchev–Trinajstić information content (AvgIpc) is 2.89. The summed E-state index contributed by atoms with van der Waals surface area (Å²) in [6, 6.07) is 0.282. The molecule has 2 atom stereocenters. The monoisotopic (exact) mass is 251 g/mol. The maximum atomic E-state index is 5.93. The molecule has 0 saturated carbocycles. The van der Waals surface area contributed by atoms with E-state index in [0.29, 0.717) is 6.54 Å². The van der Waals surface area contributed by atoms with Crippen LogP contribution in [0.15, 0.2) is 12.4 Å². The van der Waals surface area contributed by atoms with Crippen LogP contribution in [0.4, 0.5) is 0 Å². The highest BCUT2D eigenvalue weighted by molar-refractivity contribution is 5.11. The molecule has 0 spiro atoms. The quantitative estimate of drug-likeness (QED) is 0.818. The largest absolute Gasteiger partial charge is 0.329 e. The molecule has 2 rings (SSSR count). The number of hydrogen-bond acceptors (Lipinski definition) is 4. The molecular formula is C13H25N5. The lowest BCUT2D eigenvalue weighted by Crippen LogP contribution is -2.34. The number of nitrogens with zero attached hydrogens (tertiary/aromatic N) is 4. The fourth-order valence-corrected chi connectivity index (χ4v) is 2.89. The molecule has 18 heavy (non-hydrogen) atoms. The second kappa shape index (κ2) is 5.82. The van der Waals surface area contributed by atoms with E-state index in [0.717, 1.165) is 12.5 Å². The molecule has 0 radical (unpaired) electrons. The first-order valence-corrected chi connectivity index (χ1v) is 6.67. The van der Waals surface area contributed by atoms with Gasteiger partial charge >= 0.3 is 0 Å². The summed E-state index contributed by atoms with van der Waals surface area (Å²) in [5.41, 5.74) is 7.14. The topological polar surface area (TPSA) is 50.3 Å². The van der Waals surface area contributed by atoms with Crippen LogP contribution in [0.2, 0.25) is 0 Å². The molecule has 5 nitrogen and oxygen atoms in total. The van der Waals surface area contributed by atoms with Crippen molar-refractivity contribution in [2.45, 2.75) is 12.5 Å². The van der Waals surface area contributed by atoms with Gasteiger partial charge in [0, 0.05) is 44.5 Å². The Morgan fingerprint density at radius 3 is 2.83 bits per heavy atom. The number of nitrogens with two attached hydrogens (primary N) is 1. The third kappa shape index (κ3) is 3.10. The van der Waals surface area contributed by atoms with Crippen molar-refractivity contribution in [3.63, 3.8) is 0 Å².